The summed E-state index contributed by atoms with van der Waals surface area (Å²) in [5.74, 6) is 0.514. The quantitative estimate of drug-likeness (QED) is 0.419. The number of para-hydroxylation sites is 1. The number of nitrogens with one attached hydrogen (secondary N) is 1. The minimum atomic E-state index is -0.751. The fourth-order valence-corrected chi connectivity index (χ4v) is 4.01. The Bertz CT molecular complexity index is 988. The highest BCUT2D eigenvalue weighted by Gasteiger charge is 2.22. The van der Waals surface area contributed by atoms with Crippen LogP contribution in [-0.4, -0.2) is 35.8 Å². The van der Waals surface area contributed by atoms with Crippen LogP contribution in [0.5, 0.6) is 5.75 Å². The third-order valence-corrected chi connectivity index (χ3v) is 5.78. The fourth-order valence-electron chi connectivity index (χ4n) is 4.01. The topological polar surface area (TPSA) is 84.6 Å². The SMILES string of the molecule is Cc1cccc(C)c1OCC(=O)N[C@@H](Cc1ccccc1)C[C@H](O)[C@@H](N)Cc1ccccc1. The van der Waals surface area contributed by atoms with Gasteiger partial charge in [0.1, 0.15) is 5.75 Å². The maximum absolute atomic E-state index is 12.7. The standard InChI is InChI=1S/C28H34N2O3/c1-20-10-9-11-21(2)28(20)33-19-27(32)30-24(16-22-12-5-3-6-13-22)18-26(31)25(29)17-23-14-7-4-8-15-23/h3-15,24-26,31H,16-19,29H2,1-2H3,(H,30,32)/t24-,25-,26-/m0/s1. The highest BCUT2D eigenvalue weighted by Crippen LogP contribution is 2.22. The van der Waals surface area contributed by atoms with Crippen LogP contribution < -0.4 is 15.8 Å². The van der Waals surface area contributed by atoms with Crippen molar-refractivity contribution in [2.45, 2.75) is 51.3 Å². The normalized spacial score (nSPS) is 13.7. The predicted molar refractivity (Wildman–Crippen MR) is 132 cm³/mol. The van der Waals surface area contributed by atoms with Crippen LogP contribution in [-0.2, 0) is 17.6 Å². The summed E-state index contributed by atoms with van der Waals surface area (Å²) >= 11 is 0. The van der Waals surface area contributed by atoms with Crippen molar-refractivity contribution >= 4 is 5.91 Å². The second-order valence-electron chi connectivity index (χ2n) is 8.62. The van der Waals surface area contributed by atoms with E-state index in [0.29, 0.717) is 19.3 Å². The summed E-state index contributed by atoms with van der Waals surface area (Å²) in [6, 6.07) is 25.0. The van der Waals surface area contributed by atoms with Crippen LogP contribution >= 0.6 is 0 Å². The zero-order valence-electron chi connectivity index (χ0n) is 19.4. The lowest BCUT2D eigenvalue weighted by molar-refractivity contribution is -0.124. The van der Waals surface area contributed by atoms with Gasteiger partial charge in [-0.2, -0.15) is 0 Å². The van der Waals surface area contributed by atoms with E-state index in [1.54, 1.807) is 0 Å². The number of benzene rings is 3. The summed E-state index contributed by atoms with van der Waals surface area (Å²) in [6.45, 7) is 3.84. The fraction of sp³-hybridized carbons (Fsp3) is 0.321. The Morgan fingerprint density at radius 2 is 1.42 bits per heavy atom. The molecule has 174 valence electrons. The number of aliphatic hydroxyl groups is 1. The zero-order valence-corrected chi connectivity index (χ0v) is 19.4. The Balaban J connectivity index is 1.62. The molecule has 4 N–H and O–H groups in total. The third kappa shape index (κ3) is 7.74. The largest absolute Gasteiger partial charge is 0.483 e. The number of hydrogen-bond acceptors (Lipinski definition) is 4. The molecule has 0 bridgehead atoms. The van der Waals surface area contributed by atoms with Gasteiger partial charge in [-0.1, -0.05) is 78.9 Å². The number of rotatable bonds is 11. The van der Waals surface area contributed by atoms with Gasteiger partial charge in [0.2, 0.25) is 0 Å². The first-order valence-electron chi connectivity index (χ1n) is 11.4. The highest BCUT2D eigenvalue weighted by molar-refractivity contribution is 5.78. The molecule has 0 aliphatic rings. The number of carbonyl (C=O) groups is 1. The number of carbonyl (C=O) groups excluding carboxylic acids is 1. The van der Waals surface area contributed by atoms with Crippen LogP contribution in [0.15, 0.2) is 78.9 Å². The maximum atomic E-state index is 12.7. The van der Waals surface area contributed by atoms with Crippen LogP contribution in [0, 0.1) is 13.8 Å². The molecule has 0 aliphatic carbocycles. The van der Waals surface area contributed by atoms with Gasteiger partial charge < -0.3 is 20.9 Å². The molecule has 3 aromatic carbocycles. The van der Waals surface area contributed by atoms with Gasteiger partial charge in [-0.15, -0.1) is 0 Å². The predicted octanol–water partition coefficient (Wildman–Crippen LogP) is 3.73. The van der Waals surface area contributed by atoms with E-state index in [0.717, 1.165) is 28.0 Å². The number of amides is 1. The minimum Gasteiger partial charge on any atom is -0.483 e. The molecule has 5 heteroatoms. The lowest BCUT2D eigenvalue weighted by atomic mass is 9.94. The molecule has 33 heavy (non-hydrogen) atoms. The number of hydrogen-bond donors (Lipinski definition) is 3. The number of nitrogens with two attached hydrogens (primary N) is 1. The van der Waals surface area contributed by atoms with Gasteiger partial charge in [0.15, 0.2) is 6.61 Å². The molecule has 0 aliphatic heterocycles. The molecule has 3 rings (SSSR count). The van der Waals surface area contributed by atoms with Gasteiger partial charge in [-0.05, 0) is 55.4 Å². The van der Waals surface area contributed by atoms with E-state index < -0.39 is 12.1 Å². The molecule has 0 fully saturated rings. The molecule has 0 aromatic heterocycles. The lowest BCUT2D eigenvalue weighted by Crippen LogP contribution is -2.45. The first-order chi connectivity index (χ1) is 15.9. The van der Waals surface area contributed by atoms with Crippen molar-refractivity contribution in [3.63, 3.8) is 0 Å². The summed E-state index contributed by atoms with van der Waals surface area (Å²) < 4.78 is 5.81. The number of aliphatic hydroxyl groups excluding tert-OH is 1. The van der Waals surface area contributed by atoms with Gasteiger partial charge in [0.25, 0.3) is 5.91 Å². The molecular formula is C28H34N2O3. The summed E-state index contributed by atoms with van der Waals surface area (Å²) in [6.07, 6.45) is 0.783. The summed E-state index contributed by atoms with van der Waals surface area (Å²) in [5, 5.41) is 13.9. The zero-order chi connectivity index (χ0) is 23.6. The van der Waals surface area contributed by atoms with Crippen LogP contribution in [0.4, 0.5) is 0 Å². The van der Waals surface area contributed by atoms with Gasteiger partial charge in [0.05, 0.1) is 6.10 Å². The van der Waals surface area contributed by atoms with Crippen LogP contribution in [0.25, 0.3) is 0 Å². The van der Waals surface area contributed by atoms with E-state index in [1.165, 1.54) is 0 Å². The van der Waals surface area contributed by atoms with Crippen LogP contribution in [0.3, 0.4) is 0 Å². The van der Waals surface area contributed by atoms with Crippen molar-refractivity contribution in [3.8, 4) is 5.75 Å². The second-order valence-corrected chi connectivity index (χ2v) is 8.62. The van der Waals surface area contributed by atoms with E-state index in [-0.39, 0.29) is 18.6 Å². The summed E-state index contributed by atoms with van der Waals surface area (Å²) in [7, 11) is 0. The molecule has 5 nitrogen and oxygen atoms in total. The molecule has 3 atom stereocenters. The molecular weight excluding hydrogens is 412 g/mol. The van der Waals surface area contributed by atoms with Gasteiger partial charge in [-0.3, -0.25) is 4.79 Å². The van der Waals surface area contributed by atoms with E-state index in [1.807, 2.05) is 92.7 Å². The van der Waals surface area contributed by atoms with Crippen molar-refractivity contribution in [2.24, 2.45) is 5.73 Å². The molecule has 1 amide bonds. The summed E-state index contributed by atoms with van der Waals surface area (Å²) in [5.41, 5.74) is 10.4. The van der Waals surface area contributed by atoms with Crippen molar-refractivity contribution in [3.05, 3.63) is 101 Å². The van der Waals surface area contributed by atoms with Crippen molar-refractivity contribution in [2.75, 3.05) is 6.61 Å². The van der Waals surface area contributed by atoms with Crippen molar-refractivity contribution in [1.82, 2.24) is 5.32 Å². The Kier molecular flexibility index (Phi) is 9.04. The van der Waals surface area contributed by atoms with Crippen LogP contribution in [0.2, 0.25) is 0 Å². The Labute approximate surface area is 196 Å². The average Bonchev–Trinajstić information content (AvgIpc) is 2.80. The van der Waals surface area contributed by atoms with Crippen molar-refractivity contribution in [1.29, 1.82) is 0 Å². The number of ether oxygens (including phenoxy) is 1. The average molecular weight is 447 g/mol. The van der Waals surface area contributed by atoms with Gasteiger partial charge in [0, 0.05) is 12.1 Å². The minimum absolute atomic E-state index is 0.0802. The summed E-state index contributed by atoms with van der Waals surface area (Å²) in [4.78, 5) is 12.7. The molecule has 3 aromatic rings. The molecule has 0 spiro atoms. The Hall–Kier alpha value is -3.15. The lowest BCUT2D eigenvalue weighted by Gasteiger charge is -2.25. The van der Waals surface area contributed by atoms with Gasteiger partial charge in [-0.25, -0.2) is 0 Å². The van der Waals surface area contributed by atoms with Crippen molar-refractivity contribution < 1.29 is 14.6 Å². The Morgan fingerprint density at radius 1 is 0.879 bits per heavy atom. The van der Waals surface area contributed by atoms with E-state index in [4.69, 9.17) is 10.5 Å². The third-order valence-electron chi connectivity index (χ3n) is 5.78. The smallest absolute Gasteiger partial charge is 0.258 e. The monoisotopic (exact) mass is 446 g/mol. The van der Waals surface area contributed by atoms with E-state index in [9.17, 15) is 9.90 Å². The second kappa shape index (κ2) is 12.2. The van der Waals surface area contributed by atoms with E-state index in [2.05, 4.69) is 5.32 Å². The maximum Gasteiger partial charge on any atom is 0.258 e. The molecule has 0 radical (unpaired) electrons. The molecule has 0 unspecified atom stereocenters. The molecule has 0 heterocycles. The Morgan fingerprint density at radius 3 is 2.00 bits per heavy atom. The van der Waals surface area contributed by atoms with Gasteiger partial charge >= 0.3 is 0 Å². The first kappa shape index (κ1) is 24.5. The number of aryl methyl sites for hydroxylation is 2. The molecule has 0 saturated carbocycles. The first-order valence-corrected chi connectivity index (χ1v) is 11.4. The van der Waals surface area contributed by atoms with Crippen LogP contribution in [0.1, 0.15) is 28.7 Å². The highest BCUT2D eigenvalue weighted by atomic mass is 16.5. The van der Waals surface area contributed by atoms with E-state index >= 15 is 0 Å². The molecule has 0 saturated heterocycles.